The van der Waals surface area contributed by atoms with Gasteiger partial charge in [0.15, 0.2) is 5.82 Å². The average Bonchev–Trinajstić information content (AvgIpc) is 2.67. The van der Waals surface area contributed by atoms with Crippen molar-refractivity contribution in [3.8, 4) is 0 Å². The molecule has 2 amide bonds. The summed E-state index contributed by atoms with van der Waals surface area (Å²) in [6.45, 7) is 6.67. The highest BCUT2D eigenvalue weighted by Crippen LogP contribution is 2.18. The van der Waals surface area contributed by atoms with E-state index in [2.05, 4.69) is 4.98 Å². The number of ether oxygens (including phenoxy) is 1. The number of aromatic nitrogens is 1. The Labute approximate surface area is 110 Å². The molecule has 0 bridgehead atoms. The van der Waals surface area contributed by atoms with Crippen LogP contribution in [0.15, 0.2) is 10.9 Å². The maximum absolute atomic E-state index is 12.0. The van der Waals surface area contributed by atoms with E-state index in [4.69, 9.17) is 10.5 Å². The molecule has 0 saturated heterocycles. The Kier molecular flexibility index (Phi) is 4.42. The lowest BCUT2D eigenvalue weighted by Crippen LogP contribution is -2.47. The van der Waals surface area contributed by atoms with Gasteiger partial charge in [-0.2, -0.15) is 4.90 Å². The third-order valence-electron chi connectivity index (χ3n) is 1.83. The minimum atomic E-state index is -0.806. The lowest BCUT2D eigenvalue weighted by atomic mass is 10.2. The third-order valence-corrected chi connectivity index (χ3v) is 2.41. The molecule has 6 nitrogen and oxygen atoms in total. The normalized spacial score (nSPS) is 12.9. The van der Waals surface area contributed by atoms with Crippen LogP contribution in [-0.4, -0.2) is 28.6 Å². The van der Waals surface area contributed by atoms with Crippen molar-refractivity contribution >= 4 is 29.2 Å². The van der Waals surface area contributed by atoms with Gasteiger partial charge in [0.1, 0.15) is 5.60 Å². The van der Waals surface area contributed by atoms with E-state index in [1.165, 1.54) is 23.8 Å². The number of amides is 2. The summed E-state index contributed by atoms with van der Waals surface area (Å²) in [6.07, 6.45) is -0.768. The van der Waals surface area contributed by atoms with Crippen molar-refractivity contribution < 1.29 is 14.3 Å². The van der Waals surface area contributed by atoms with Crippen molar-refractivity contribution in [3.05, 3.63) is 10.9 Å². The molecule has 0 unspecified atom stereocenters. The summed E-state index contributed by atoms with van der Waals surface area (Å²) >= 11 is 1.28. The van der Waals surface area contributed by atoms with Gasteiger partial charge in [-0.15, -0.1) is 11.3 Å². The summed E-state index contributed by atoms with van der Waals surface area (Å²) in [4.78, 5) is 28.7. The second-order valence-electron chi connectivity index (χ2n) is 4.79. The first-order valence-corrected chi connectivity index (χ1v) is 6.37. The minimum absolute atomic E-state index is 0.233. The van der Waals surface area contributed by atoms with Crippen LogP contribution in [0.1, 0.15) is 27.7 Å². The number of thiazole rings is 1. The number of anilines is 1. The van der Waals surface area contributed by atoms with E-state index in [1.807, 2.05) is 0 Å². The van der Waals surface area contributed by atoms with Gasteiger partial charge in [0.2, 0.25) is 0 Å². The first-order valence-electron chi connectivity index (χ1n) is 5.43. The molecule has 1 aromatic heterocycles. The van der Waals surface area contributed by atoms with E-state index in [0.29, 0.717) is 0 Å². The summed E-state index contributed by atoms with van der Waals surface area (Å²) in [5, 5.41) is 1.59. The second kappa shape index (κ2) is 5.45. The van der Waals surface area contributed by atoms with E-state index >= 15 is 0 Å². The number of nitrogens with two attached hydrogens (primary N) is 1. The average molecular weight is 271 g/mol. The standard InChI is InChI=1S/C11H17N3O3S/c1-7(12)9(15)14(8-5-18-6-13-8)10(16)17-11(2,3)4/h5-7H,12H2,1-4H3/t7-/m0/s1. The summed E-state index contributed by atoms with van der Waals surface area (Å²) in [5.41, 5.74) is 6.36. The molecule has 0 aromatic carbocycles. The van der Waals surface area contributed by atoms with Crippen LogP contribution in [0.25, 0.3) is 0 Å². The largest absolute Gasteiger partial charge is 0.443 e. The fraction of sp³-hybridized carbons (Fsp3) is 0.545. The van der Waals surface area contributed by atoms with Crippen LogP contribution in [0.3, 0.4) is 0 Å². The van der Waals surface area contributed by atoms with Crippen molar-refractivity contribution in [1.82, 2.24) is 4.98 Å². The topological polar surface area (TPSA) is 85.5 Å². The molecule has 1 atom stereocenters. The number of imide groups is 1. The zero-order chi connectivity index (χ0) is 13.9. The SMILES string of the molecule is C[C@H](N)C(=O)N(C(=O)OC(C)(C)C)c1cscn1. The van der Waals surface area contributed by atoms with Gasteiger partial charge >= 0.3 is 6.09 Å². The van der Waals surface area contributed by atoms with Gasteiger partial charge in [-0.25, -0.2) is 9.78 Å². The number of hydrogen-bond donors (Lipinski definition) is 1. The fourth-order valence-corrected chi connectivity index (χ4v) is 1.64. The molecule has 0 fully saturated rings. The highest BCUT2D eigenvalue weighted by molar-refractivity contribution is 7.08. The molecule has 0 aliphatic rings. The van der Waals surface area contributed by atoms with Crippen LogP contribution >= 0.6 is 11.3 Å². The monoisotopic (exact) mass is 271 g/mol. The van der Waals surface area contributed by atoms with Crippen molar-refractivity contribution in [2.75, 3.05) is 4.90 Å². The minimum Gasteiger partial charge on any atom is -0.443 e. The number of nitrogens with zero attached hydrogens (tertiary/aromatic N) is 2. The van der Waals surface area contributed by atoms with Gasteiger partial charge in [0.05, 0.1) is 11.6 Å². The third kappa shape index (κ3) is 3.78. The van der Waals surface area contributed by atoms with Crippen LogP contribution in [0.2, 0.25) is 0 Å². The number of carbonyl (C=O) groups is 2. The molecule has 2 N–H and O–H groups in total. The fourth-order valence-electron chi connectivity index (χ4n) is 1.12. The van der Waals surface area contributed by atoms with Crippen LogP contribution < -0.4 is 10.6 Å². The lowest BCUT2D eigenvalue weighted by Gasteiger charge is -2.25. The maximum Gasteiger partial charge on any atom is 0.423 e. The van der Waals surface area contributed by atoms with E-state index < -0.39 is 23.6 Å². The molecule has 1 aromatic rings. The van der Waals surface area contributed by atoms with Crippen LogP contribution in [0.4, 0.5) is 10.6 Å². The highest BCUT2D eigenvalue weighted by atomic mass is 32.1. The first kappa shape index (κ1) is 14.6. The Morgan fingerprint density at radius 2 is 2.11 bits per heavy atom. The van der Waals surface area contributed by atoms with Gasteiger partial charge in [-0.05, 0) is 27.7 Å². The number of rotatable bonds is 2. The van der Waals surface area contributed by atoms with Gasteiger partial charge in [0.25, 0.3) is 5.91 Å². The maximum atomic E-state index is 12.0. The quantitative estimate of drug-likeness (QED) is 0.885. The van der Waals surface area contributed by atoms with Gasteiger partial charge in [0, 0.05) is 5.38 Å². The Balaban J connectivity index is 2.99. The second-order valence-corrected chi connectivity index (χ2v) is 5.51. The van der Waals surface area contributed by atoms with Crippen molar-refractivity contribution in [2.45, 2.75) is 39.3 Å². The molecular weight excluding hydrogens is 254 g/mol. The van der Waals surface area contributed by atoms with E-state index in [1.54, 1.807) is 26.2 Å². The van der Waals surface area contributed by atoms with E-state index in [9.17, 15) is 9.59 Å². The first-order chi connectivity index (χ1) is 8.22. The predicted molar refractivity (Wildman–Crippen MR) is 69.5 cm³/mol. The van der Waals surface area contributed by atoms with E-state index in [0.717, 1.165) is 4.90 Å². The van der Waals surface area contributed by atoms with Crippen molar-refractivity contribution in [2.24, 2.45) is 5.73 Å². The zero-order valence-corrected chi connectivity index (χ0v) is 11.7. The molecule has 0 radical (unpaired) electrons. The van der Waals surface area contributed by atoms with Crippen molar-refractivity contribution in [1.29, 1.82) is 0 Å². The number of hydrogen-bond acceptors (Lipinski definition) is 6. The zero-order valence-electron chi connectivity index (χ0n) is 10.8. The molecule has 100 valence electrons. The highest BCUT2D eigenvalue weighted by Gasteiger charge is 2.31. The van der Waals surface area contributed by atoms with Crippen molar-refractivity contribution in [3.63, 3.8) is 0 Å². The summed E-state index contributed by atoms with van der Waals surface area (Å²) in [5.74, 6) is -0.313. The van der Waals surface area contributed by atoms with E-state index in [-0.39, 0.29) is 5.82 Å². The molecule has 7 heteroatoms. The molecule has 0 aliphatic carbocycles. The Hall–Kier alpha value is -1.47. The smallest absolute Gasteiger partial charge is 0.423 e. The molecule has 1 rings (SSSR count). The van der Waals surface area contributed by atoms with Crippen LogP contribution in [-0.2, 0) is 9.53 Å². The summed E-state index contributed by atoms with van der Waals surface area (Å²) < 4.78 is 5.17. The Morgan fingerprint density at radius 1 is 1.50 bits per heavy atom. The molecule has 18 heavy (non-hydrogen) atoms. The van der Waals surface area contributed by atoms with Gasteiger partial charge in [-0.1, -0.05) is 0 Å². The number of carbonyl (C=O) groups excluding carboxylic acids is 2. The molecule has 1 heterocycles. The molecule has 0 aliphatic heterocycles. The van der Waals surface area contributed by atoms with Crippen LogP contribution in [0.5, 0.6) is 0 Å². The molecule has 0 spiro atoms. The lowest BCUT2D eigenvalue weighted by molar-refractivity contribution is -0.119. The summed E-state index contributed by atoms with van der Waals surface area (Å²) in [6, 6.07) is -0.806. The Morgan fingerprint density at radius 3 is 2.50 bits per heavy atom. The molecular formula is C11H17N3O3S. The molecule has 0 saturated carbocycles. The van der Waals surface area contributed by atoms with Gasteiger partial charge < -0.3 is 10.5 Å². The van der Waals surface area contributed by atoms with Crippen LogP contribution in [0, 0.1) is 0 Å². The Bertz CT molecular complexity index is 423. The predicted octanol–water partition coefficient (Wildman–Crippen LogP) is 1.76. The van der Waals surface area contributed by atoms with Gasteiger partial charge in [-0.3, -0.25) is 4.79 Å². The summed E-state index contributed by atoms with van der Waals surface area (Å²) in [7, 11) is 0.